The van der Waals surface area contributed by atoms with E-state index in [9.17, 15) is 0 Å². The molecule has 2 aromatic heterocycles. The van der Waals surface area contributed by atoms with Crippen LogP contribution in [0.1, 0.15) is 5.82 Å². The predicted octanol–water partition coefficient (Wildman–Crippen LogP) is -0.549. The van der Waals surface area contributed by atoms with Crippen LogP contribution in [0.5, 0.6) is 0 Å². The Morgan fingerprint density at radius 1 is 1.10 bits per heavy atom. The van der Waals surface area contributed by atoms with E-state index >= 15 is 0 Å². The number of hydrogen-bond acceptors (Lipinski definition) is 5. The molecule has 50 valence electrons. The first-order valence-corrected chi connectivity index (χ1v) is 2.74. The van der Waals surface area contributed by atoms with E-state index in [1.807, 2.05) is 0 Å². The van der Waals surface area contributed by atoms with Crippen LogP contribution in [0.25, 0.3) is 11.3 Å². The zero-order valence-electron chi connectivity index (χ0n) is 5.24. The third-order valence-corrected chi connectivity index (χ3v) is 1.07. The van der Waals surface area contributed by atoms with Gasteiger partial charge >= 0.3 is 0 Å². The van der Waals surface area contributed by atoms with Gasteiger partial charge in [0.15, 0.2) is 5.82 Å². The zero-order chi connectivity index (χ0) is 6.97. The van der Waals surface area contributed by atoms with E-state index in [1.165, 1.54) is 0 Å². The Morgan fingerprint density at radius 3 is 2.80 bits per heavy atom. The molecule has 0 spiro atoms. The summed E-state index contributed by atoms with van der Waals surface area (Å²) in [7, 11) is 0. The third kappa shape index (κ3) is 0.619. The quantitative estimate of drug-likeness (QED) is 0.525. The zero-order valence-corrected chi connectivity index (χ0v) is 5.24. The van der Waals surface area contributed by atoms with E-state index in [4.69, 9.17) is 0 Å². The van der Waals surface area contributed by atoms with E-state index in [-0.39, 0.29) is 0 Å². The standard InChI is InChI=1S/C4H4N6/c1-2-5-3-4(7-6-2)9-10-8-3/h1H3,(H,5,6,7,8,9,10). The minimum absolute atomic E-state index is 0.450. The molecule has 0 atom stereocenters. The Hall–Kier alpha value is -1.59. The number of nitrogens with zero attached hydrogens (tertiary/aromatic N) is 5. The summed E-state index contributed by atoms with van der Waals surface area (Å²) < 4.78 is 0. The Morgan fingerprint density at radius 2 is 1.90 bits per heavy atom. The van der Waals surface area contributed by atoms with Gasteiger partial charge in [0.2, 0.25) is 11.3 Å². The van der Waals surface area contributed by atoms with Crippen molar-refractivity contribution in [1.29, 1.82) is 0 Å². The highest BCUT2D eigenvalue weighted by molar-refractivity contribution is 5.61. The molecule has 0 saturated carbocycles. The van der Waals surface area contributed by atoms with Crippen LogP contribution in [0.15, 0.2) is 0 Å². The summed E-state index contributed by atoms with van der Waals surface area (Å²) in [5.41, 5.74) is 0.957. The lowest BCUT2D eigenvalue weighted by Gasteiger charge is -1.84. The number of aryl methyl sites for hydroxylation is 1. The molecule has 2 heterocycles. The summed E-state index contributed by atoms with van der Waals surface area (Å²) in [6, 6.07) is 0. The summed E-state index contributed by atoms with van der Waals surface area (Å²) >= 11 is 0. The van der Waals surface area contributed by atoms with Gasteiger partial charge in [0.05, 0.1) is 0 Å². The normalized spacial score (nSPS) is 10.5. The minimum atomic E-state index is 0.450. The number of hydrogen-bond donors (Lipinski definition) is 1. The van der Waals surface area contributed by atoms with Gasteiger partial charge in [-0.15, -0.1) is 20.4 Å². The Balaban J connectivity index is 2.86. The van der Waals surface area contributed by atoms with Crippen molar-refractivity contribution in [3.8, 4) is 0 Å². The molecule has 0 aliphatic carbocycles. The Labute approximate surface area is 55.7 Å². The first-order valence-electron chi connectivity index (χ1n) is 2.74. The number of H-pyrrole nitrogens is 1. The van der Waals surface area contributed by atoms with Gasteiger partial charge in [-0.25, -0.2) is 4.98 Å². The average molecular weight is 136 g/mol. The summed E-state index contributed by atoms with van der Waals surface area (Å²) in [6.45, 7) is 1.75. The van der Waals surface area contributed by atoms with E-state index < -0.39 is 0 Å². The summed E-state index contributed by atoms with van der Waals surface area (Å²) in [5, 5.41) is 17.2. The fourth-order valence-corrected chi connectivity index (χ4v) is 0.657. The van der Waals surface area contributed by atoms with Crippen molar-refractivity contribution in [3.05, 3.63) is 5.82 Å². The minimum Gasteiger partial charge on any atom is -0.207 e. The van der Waals surface area contributed by atoms with Gasteiger partial charge in [0.1, 0.15) is 0 Å². The highest BCUT2D eigenvalue weighted by Gasteiger charge is 1.99. The van der Waals surface area contributed by atoms with Crippen LogP contribution in [-0.4, -0.2) is 30.6 Å². The van der Waals surface area contributed by atoms with E-state index in [1.54, 1.807) is 6.92 Å². The fraction of sp³-hybridized carbons (Fsp3) is 0.250. The highest BCUT2D eigenvalue weighted by atomic mass is 15.4. The Kier molecular flexibility index (Phi) is 0.883. The highest BCUT2D eigenvalue weighted by Crippen LogP contribution is 1.96. The molecule has 2 rings (SSSR count). The van der Waals surface area contributed by atoms with Gasteiger partial charge in [-0.2, -0.15) is 5.21 Å². The van der Waals surface area contributed by atoms with Crippen LogP contribution in [0.3, 0.4) is 0 Å². The second-order valence-electron chi connectivity index (χ2n) is 1.83. The molecule has 0 unspecified atom stereocenters. The Bertz CT molecular complexity index is 351. The van der Waals surface area contributed by atoms with Gasteiger partial charge in [-0.05, 0) is 6.92 Å². The topological polar surface area (TPSA) is 80.2 Å². The van der Waals surface area contributed by atoms with Crippen molar-refractivity contribution in [2.75, 3.05) is 0 Å². The van der Waals surface area contributed by atoms with Gasteiger partial charge in [0.25, 0.3) is 0 Å². The first-order chi connectivity index (χ1) is 4.86. The largest absolute Gasteiger partial charge is 0.241 e. The molecule has 1 N–H and O–H groups in total. The molecule has 6 nitrogen and oxygen atoms in total. The maximum absolute atomic E-state index is 3.96. The molecule has 0 bridgehead atoms. The monoisotopic (exact) mass is 136 g/mol. The van der Waals surface area contributed by atoms with Gasteiger partial charge in [0, 0.05) is 0 Å². The lowest BCUT2D eigenvalue weighted by atomic mass is 10.6. The smallest absolute Gasteiger partial charge is 0.207 e. The van der Waals surface area contributed by atoms with Crippen LogP contribution in [0.4, 0.5) is 0 Å². The molecular weight excluding hydrogens is 132 g/mol. The van der Waals surface area contributed by atoms with Crippen molar-refractivity contribution in [2.45, 2.75) is 6.92 Å². The maximum atomic E-state index is 3.96. The maximum Gasteiger partial charge on any atom is 0.241 e. The average Bonchev–Trinajstić information content (AvgIpc) is 2.33. The van der Waals surface area contributed by atoms with Crippen LogP contribution < -0.4 is 0 Å². The molecular formula is C4H4N6. The van der Waals surface area contributed by atoms with Crippen molar-refractivity contribution in [1.82, 2.24) is 30.6 Å². The van der Waals surface area contributed by atoms with Gasteiger partial charge in [-0.3, -0.25) is 0 Å². The number of rotatable bonds is 0. The molecule has 6 heteroatoms. The summed E-state index contributed by atoms with van der Waals surface area (Å²) in [5.74, 6) is 0.599. The van der Waals surface area contributed by atoms with Crippen molar-refractivity contribution in [3.63, 3.8) is 0 Å². The second-order valence-corrected chi connectivity index (χ2v) is 1.83. The van der Waals surface area contributed by atoms with Gasteiger partial charge in [-0.1, -0.05) is 0 Å². The molecule has 0 aromatic carbocycles. The van der Waals surface area contributed by atoms with Crippen LogP contribution >= 0.6 is 0 Å². The van der Waals surface area contributed by atoms with Crippen molar-refractivity contribution < 1.29 is 0 Å². The molecule has 10 heavy (non-hydrogen) atoms. The second kappa shape index (κ2) is 1.69. The molecule has 0 radical (unpaired) electrons. The number of fused-ring (bicyclic) bond motifs is 1. The van der Waals surface area contributed by atoms with Crippen molar-refractivity contribution >= 4 is 11.3 Å². The van der Waals surface area contributed by atoms with Crippen molar-refractivity contribution in [2.24, 2.45) is 0 Å². The van der Waals surface area contributed by atoms with Crippen LogP contribution in [0, 0.1) is 6.92 Å². The summed E-state index contributed by atoms with van der Waals surface area (Å²) in [6.07, 6.45) is 0. The molecule has 0 saturated heterocycles. The SMILES string of the molecule is Cc1nnc2n[nH]nc2n1. The van der Waals surface area contributed by atoms with Crippen LogP contribution in [0.2, 0.25) is 0 Å². The number of aromatic nitrogens is 6. The molecule has 2 aromatic rings. The number of nitrogens with one attached hydrogen (secondary N) is 1. The van der Waals surface area contributed by atoms with E-state index in [0.29, 0.717) is 17.1 Å². The number of aromatic amines is 1. The van der Waals surface area contributed by atoms with Gasteiger partial charge < -0.3 is 0 Å². The predicted molar refractivity (Wildman–Crippen MR) is 32.0 cm³/mol. The van der Waals surface area contributed by atoms with Crippen LogP contribution in [-0.2, 0) is 0 Å². The fourth-order valence-electron chi connectivity index (χ4n) is 0.657. The lowest BCUT2D eigenvalue weighted by Crippen LogP contribution is -1.91. The molecule has 0 aliphatic rings. The molecule has 0 aliphatic heterocycles. The molecule has 0 amide bonds. The van der Waals surface area contributed by atoms with E-state index in [2.05, 4.69) is 30.6 Å². The first kappa shape index (κ1) is 5.21. The summed E-state index contributed by atoms with van der Waals surface area (Å²) in [4.78, 5) is 3.96. The van der Waals surface area contributed by atoms with E-state index in [0.717, 1.165) is 0 Å². The third-order valence-electron chi connectivity index (χ3n) is 1.07. The lowest BCUT2D eigenvalue weighted by molar-refractivity contribution is 0.935. The molecule has 0 fully saturated rings.